The van der Waals surface area contributed by atoms with Crippen molar-refractivity contribution >= 4 is 39.8 Å². The van der Waals surface area contributed by atoms with E-state index in [0.717, 1.165) is 72.5 Å². The third-order valence-corrected chi connectivity index (χ3v) is 5.91. The number of benzene rings is 1. The van der Waals surface area contributed by atoms with Crippen molar-refractivity contribution in [2.24, 2.45) is 0 Å². The van der Waals surface area contributed by atoms with Crippen molar-refractivity contribution in [1.29, 1.82) is 0 Å². The van der Waals surface area contributed by atoms with Crippen molar-refractivity contribution in [3.05, 3.63) is 36.7 Å². The standard InChI is InChI=1S/C19H22N8OS/c20-19-15-12-26(6-5-22-29-27-7-9-28-10-8-27)25-18(15)14-2-1-13(11-17(14)23-19)16-3-4-21-24-16/h1-4,11-12,22H,5-10H2,(H2,20,23)(H,21,24). The topological polar surface area (TPSA) is 110 Å². The molecule has 9 nitrogen and oxygen atoms in total. The number of aromatic amines is 1. The molecule has 4 N–H and O–H groups in total. The average molecular weight is 411 g/mol. The van der Waals surface area contributed by atoms with Crippen LogP contribution in [0.2, 0.25) is 0 Å². The zero-order valence-corrected chi connectivity index (χ0v) is 16.7. The lowest BCUT2D eigenvalue weighted by molar-refractivity contribution is 0.0770. The fourth-order valence-electron chi connectivity index (χ4n) is 3.46. The van der Waals surface area contributed by atoms with Gasteiger partial charge in [0.15, 0.2) is 0 Å². The number of nitrogen functional groups attached to an aromatic ring is 1. The van der Waals surface area contributed by atoms with Gasteiger partial charge in [0.2, 0.25) is 0 Å². The van der Waals surface area contributed by atoms with Gasteiger partial charge >= 0.3 is 0 Å². The molecule has 0 atom stereocenters. The molecule has 0 saturated carbocycles. The lowest BCUT2D eigenvalue weighted by Crippen LogP contribution is -2.33. The number of H-pyrrole nitrogens is 1. The number of ether oxygens (including phenoxy) is 1. The maximum atomic E-state index is 6.23. The highest BCUT2D eigenvalue weighted by atomic mass is 32.2. The number of anilines is 1. The number of nitrogens with zero attached hydrogens (tertiary/aromatic N) is 5. The second-order valence-electron chi connectivity index (χ2n) is 6.88. The smallest absolute Gasteiger partial charge is 0.135 e. The molecule has 0 bridgehead atoms. The summed E-state index contributed by atoms with van der Waals surface area (Å²) in [5, 5.41) is 13.6. The van der Waals surface area contributed by atoms with Crippen LogP contribution in [0.3, 0.4) is 0 Å². The van der Waals surface area contributed by atoms with Crippen molar-refractivity contribution < 1.29 is 4.74 Å². The minimum atomic E-state index is 0.496. The number of morpholine rings is 1. The molecule has 1 aliphatic heterocycles. The highest BCUT2D eigenvalue weighted by Crippen LogP contribution is 2.29. The van der Waals surface area contributed by atoms with E-state index in [-0.39, 0.29) is 0 Å². The number of hydrogen-bond donors (Lipinski definition) is 3. The number of pyridine rings is 1. The summed E-state index contributed by atoms with van der Waals surface area (Å²) < 4.78 is 13.0. The minimum Gasteiger partial charge on any atom is -0.383 e. The molecule has 0 unspecified atom stereocenters. The van der Waals surface area contributed by atoms with Gasteiger partial charge in [-0.25, -0.2) is 14.0 Å². The molecule has 0 aliphatic carbocycles. The van der Waals surface area contributed by atoms with Crippen LogP contribution in [0.25, 0.3) is 33.1 Å². The first kappa shape index (κ1) is 18.4. The first-order valence-corrected chi connectivity index (χ1v) is 10.3. The normalized spacial score (nSPS) is 15.4. The molecule has 150 valence electrons. The van der Waals surface area contributed by atoms with Crippen LogP contribution in [0.5, 0.6) is 0 Å². The lowest BCUT2D eigenvalue weighted by Gasteiger charge is -2.25. The molecule has 29 heavy (non-hydrogen) atoms. The van der Waals surface area contributed by atoms with Gasteiger partial charge in [-0.15, -0.1) is 0 Å². The monoisotopic (exact) mass is 410 g/mol. The van der Waals surface area contributed by atoms with Gasteiger partial charge in [-0.1, -0.05) is 6.07 Å². The van der Waals surface area contributed by atoms with E-state index in [0.29, 0.717) is 5.82 Å². The first-order chi connectivity index (χ1) is 14.3. The highest BCUT2D eigenvalue weighted by molar-refractivity contribution is 7.95. The zero-order chi connectivity index (χ0) is 19.6. The van der Waals surface area contributed by atoms with Crippen LogP contribution in [-0.4, -0.2) is 62.1 Å². The zero-order valence-electron chi connectivity index (χ0n) is 15.8. The molecule has 5 rings (SSSR count). The number of nitrogens with one attached hydrogen (secondary N) is 2. The second-order valence-corrected chi connectivity index (χ2v) is 7.87. The number of nitrogens with two attached hydrogens (primary N) is 1. The summed E-state index contributed by atoms with van der Waals surface area (Å²) in [4.78, 5) is 4.60. The molecular formula is C19H22N8OS. The van der Waals surface area contributed by atoms with Crippen LogP contribution in [0.15, 0.2) is 36.7 Å². The maximum Gasteiger partial charge on any atom is 0.135 e. The van der Waals surface area contributed by atoms with Crippen LogP contribution in [0, 0.1) is 0 Å². The fraction of sp³-hybridized carbons (Fsp3) is 0.316. The molecule has 0 radical (unpaired) electrons. The molecule has 1 aliphatic rings. The summed E-state index contributed by atoms with van der Waals surface area (Å²) in [6.07, 6.45) is 3.71. The van der Waals surface area contributed by atoms with Gasteiger partial charge in [-0.05, 0) is 18.2 Å². The Morgan fingerprint density at radius 2 is 2.10 bits per heavy atom. The van der Waals surface area contributed by atoms with Gasteiger partial charge in [0, 0.05) is 55.1 Å². The van der Waals surface area contributed by atoms with Crippen LogP contribution < -0.4 is 10.5 Å². The largest absolute Gasteiger partial charge is 0.383 e. The predicted molar refractivity (Wildman–Crippen MR) is 115 cm³/mol. The van der Waals surface area contributed by atoms with Crippen molar-refractivity contribution in [2.45, 2.75) is 6.54 Å². The molecule has 4 aromatic rings. The van der Waals surface area contributed by atoms with Crippen molar-refractivity contribution in [3.8, 4) is 11.3 Å². The predicted octanol–water partition coefficient (Wildman–Crippen LogP) is 2.04. The van der Waals surface area contributed by atoms with E-state index in [9.17, 15) is 0 Å². The van der Waals surface area contributed by atoms with Crippen LogP contribution >= 0.6 is 12.1 Å². The molecule has 1 saturated heterocycles. The Morgan fingerprint density at radius 1 is 1.21 bits per heavy atom. The van der Waals surface area contributed by atoms with E-state index >= 15 is 0 Å². The Hall–Kier alpha value is -2.66. The van der Waals surface area contributed by atoms with Crippen molar-refractivity contribution in [2.75, 3.05) is 38.6 Å². The van der Waals surface area contributed by atoms with Crippen molar-refractivity contribution in [1.82, 2.24) is 34.0 Å². The lowest BCUT2D eigenvalue weighted by atomic mass is 10.1. The first-order valence-electron chi connectivity index (χ1n) is 9.56. The van der Waals surface area contributed by atoms with Gasteiger partial charge < -0.3 is 10.5 Å². The third kappa shape index (κ3) is 3.79. The number of fused-ring (bicyclic) bond motifs is 3. The Balaban J connectivity index is 1.34. The summed E-state index contributed by atoms with van der Waals surface area (Å²) in [7, 11) is 0. The number of hydrogen-bond acceptors (Lipinski definition) is 8. The van der Waals surface area contributed by atoms with Gasteiger partial charge in [-0.2, -0.15) is 10.2 Å². The van der Waals surface area contributed by atoms with E-state index in [1.54, 1.807) is 18.3 Å². The molecular weight excluding hydrogens is 388 g/mol. The fourth-order valence-corrected chi connectivity index (χ4v) is 4.15. The van der Waals surface area contributed by atoms with E-state index < -0.39 is 0 Å². The molecule has 1 fully saturated rings. The third-order valence-electron chi connectivity index (χ3n) is 4.95. The molecule has 10 heteroatoms. The van der Waals surface area contributed by atoms with Crippen molar-refractivity contribution in [3.63, 3.8) is 0 Å². The van der Waals surface area contributed by atoms with Crippen LogP contribution in [-0.2, 0) is 11.3 Å². The Morgan fingerprint density at radius 3 is 2.93 bits per heavy atom. The van der Waals surface area contributed by atoms with E-state index in [4.69, 9.17) is 15.6 Å². The minimum absolute atomic E-state index is 0.496. The molecule has 0 spiro atoms. The summed E-state index contributed by atoms with van der Waals surface area (Å²) in [5.41, 5.74) is 9.90. The summed E-state index contributed by atoms with van der Waals surface area (Å²) >= 11 is 1.65. The summed E-state index contributed by atoms with van der Waals surface area (Å²) in [5.74, 6) is 0.496. The van der Waals surface area contributed by atoms with E-state index in [1.165, 1.54) is 0 Å². The average Bonchev–Trinajstić information content (AvgIpc) is 3.42. The van der Waals surface area contributed by atoms with Crippen LogP contribution in [0.1, 0.15) is 0 Å². The quantitative estimate of drug-likeness (QED) is 0.327. The summed E-state index contributed by atoms with van der Waals surface area (Å²) in [6.45, 7) is 5.02. The second kappa shape index (κ2) is 7.99. The van der Waals surface area contributed by atoms with Gasteiger partial charge in [0.05, 0.1) is 36.4 Å². The molecule has 0 amide bonds. The van der Waals surface area contributed by atoms with Gasteiger partial charge in [-0.3, -0.25) is 9.78 Å². The van der Waals surface area contributed by atoms with Gasteiger partial charge in [0.1, 0.15) is 11.3 Å². The molecule has 3 aromatic heterocycles. The van der Waals surface area contributed by atoms with Crippen LogP contribution in [0.4, 0.5) is 5.82 Å². The summed E-state index contributed by atoms with van der Waals surface area (Å²) in [6, 6.07) is 8.04. The Bertz CT molecular complexity index is 1120. The van der Waals surface area contributed by atoms with E-state index in [1.807, 2.05) is 35.1 Å². The number of rotatable bonds is 6. The van der Waals surface area contributed by atoms with E-state index in [2.05, 4.69) is 24.2 Å². The highest BCUT2D eigenvalue weighted by Gasteiger charge is 2.13. The Labute approximate surface area is 171 Å². The van der Waals surface area contributed by atoms with Gasteiger partial charge in [0.25, 0.3) is 0 Å². The number of aromatic nitrogens is 5. The molecule has 1 aromatic carbocycles. The maximum absolute atomic E-state index is 6.23. The SMILES string of the molecule is Nc1nc2cc(-c3ccn[nH]3)ccc2c2nn(CCNSN3CCOCC3)cc12. The Kier molecular flexibility index (Phi) is 5.06. The molecule has 4 heterocycles.